The zero-order chi connectivity index (χ0) is 18.7. The SMILES string of the molecule is CS(=O)(=O)Nc1ccc(F)cc1C(=O)N1CCC(N2CCCCC2)CC1. The number of carbonyl (C=O) groups is 1. The zero-order valence-electron chi connectivity index (χ0n) is 15.1. The summed E-state index contributed by atoms with van der Waals surface area (Å²) >= 11 is 0. The molecule has 26 heavy (non-hydrogen) atoms. The molecule has 0 atom stereocenters. The van der Waals surface area contributed by atoms with Gasteiger partial charge in [-0.3, -0.25) is 9.52 Å². The summed E-state index contributed by atoms with van der Waals surface area (Å²) in [5, 5.41) is 0. The number of nitrogens with one attached hydrogen (secondary N) is 1. The van der Waals surface area contributed by atoms with E-state index >= 15 is 0 Å². The van der Waals surface area contributed by atoms with Crippen LogP contribution in [0, 0.1) is 5.82 Å². The average molecular weight is 383 g/mol. The summed E-state index contributed by atoms with van der Waals surface area (Å²) in [5.74, 6) is -0.886. The summed E-state index contributed by atoms with van der Waals surface area (Å²) in [5.41, 5.74) is 0.184. The van der Waals surface area contributed by atoms with Crippen LogP contribution in [0.4, 0.5) is 10.1 Å². The second kappa shape index (κ2) is 7.92. The van der Waals surface area contributed by atoms with Crippen molar-refractivity contribution in [1.82, 2.24) is 9.80 Å². The molecule has 3 rings (SSSR count). The van der Waals surface area contributed by atoms with Gasteiger partial charge in [-0.25, -0.2) is 12.8 Å². The maximum Gasteiger partial charge on any atom is 0.256 e. The predicted octanol–water partition coefficient (Wildman–Crippen LogP) is 2.29. The van der Waals surface area contributed by atoms with Gasteiger partial charge in [-0.1, -0.05) is 6.42 Å². The van der Waals surface area contributed by atoms with Crippen LogP contribution >= 0.6 is 0 Å². The molecule has 0 saturated carbocycles. The van der Waals surface area contributed by atoms with Gasteiger partial charge in [0, 0.05) is 19.1 Å². The highest BCUT2D eigenvalue weighted by molar-refractivity contribution is 7.92. The van der Waals surface area contributed by atoms with Gasteiger partial charge >= 0.3 is 0 Å². The van der Waals surface area contributed by atoms with E-state index in [1.807, 2.05) is 0 Å². The molecule has 0 radical (unpaired) electrons. The maximum absolute atomic E-state index is 13.7. The number of rotatable bonds is 4. The molecule has 1 aromatic rings. The van der Waals surface area contributed by atoms with Crippen molar-refractivity contribution in [3.05, 3.63) is 29.6 Å². The van der Waals surface area contributed by atoms with Gasteiger partial charge in [0.25, 0.3) is 5.91 Å². The summed E-state index contributed by atoms with van der Waals surface area (Å²) in [6.45, 7) is 3.47. The number of halogens is 1. The number of carbonyl (C=O) groups excluding carboxylic acids is 1. The van der Waals surface area contributed by atoms with E-state index in [4.69, 9.17) is 0 Å². The third-order valence-corrected chi connectivity index (χ3v) is 5.76. The van der Waals surface area contributed by atoms with E-state index in [2.05, 4.69) is 9.62 Å². The molecule has 1 aromatic carbocycles. The van der Waals surface area contributed by atoms with Crippen LogP contribution in [0.3, 0.4) is 0 Å². The van der Waals surface area contributed by atoms with Gasteiger partial charge in [0.2, 0.25) is 10.0 Å². The van der Waals surface area contributed by atoms with Crippen molar-refractivity contribution in [3.8, 4) is 0 Å². The molecule has 0 unspecified atom stereocenters. The van der Waals surface area contributed by atoms with Crippen LogP contribution in [-0.4, -0.2) is 62.6 Å². The van der Waals surface area contributed by atoms with Crippen LogP contribution in [0.1, 0.15) is 42.5 Å². The van der Waals surface area contributed by atoms with Crippen molar-refractivity contribution >= 4 is 21.6 Å². The fourth-order valence-electron chi connectivity index (χ4n) is 3.87. The van der Waals surface area contributed by atoms with Crippen molar-refractivity contribution in [2.24, 2.45) is 0 Å². The number of piperidine rings is 2. The quantitative estimate of drug-likeness (QED) is 0.866. The van der Waals surface area contributed by atoms with Crippen molar-refractivity contribution in [1.29, 1.82) is 0 Å². The van der Waals surface area contributed by atoms with Gasteiger partial charge in [-0.2, -0.15) is 0 Å². The monoisotopic (exact) mass is 383 g/mol. The van der Waals surface area contributed by atoms with Gasteiger partial charge in [-0.05, 0) is 57.0 Å². The number of anilines is 1. The molecule has 2 fully saturated rings. The fraction of sp³-hybridized carbons (Fsp3) is 0.611. The van der Waals surface area contributed by atoms with E-state index in [-0.39, 0.29) is 17.2 Å². The highest BCUT2D eigenvalue weighted by Gasteiger charge is 2.29. The fourth-order valence-corrected chi connectivity index (χ4v) is 4.45. The number of amides is 1. The molecule has 8 heteroatoms. The smallest absolute Gasteiger partial charge is 0.256 e. The lowest BCUT2D eigenvalue weighted by Gasteiger charge is -2.40. The first kappa shape index (κ1) is 19.1. The standard InChI is InChI=1S/C18H26FN3O3S/c1-26(24,25)20-17-6-5-14(19)13-16(17)18(23)22-11-7-15(8-12-22)21-9-3-2-4-10-21/h5-6,13,15,20H,2-4,7-12H2,1H3. The molecule has 6 nitrogen and oxygen atoms in total. The van der Waals surface area contributed by atoms with Gasteiger partial charge in [0.05, 0.1) is 17.5 Å². The van der Waals surface area contributed by atoms with Gasteiger partial charge in [-0.15, -0.1) is 0 Å². The molecule has 2 heterocycles. The summed E-state index contributed by atoms with van der Waals surface area (Å²) < 4.78 is 39.0. The van der Waals surface area contributed by atoms with Crippen molar-refractivity contribution in [2.75, 3.05) is 37.2 Å². The summed E-state index contributed by atoms with van der Waals surface area (Å²) in [4.78, 5) is 17.1. The minimum Gasteiger partial charge on any atom is -0.338 e. The zero-order valence-corrected chi connectivity index (χ0v) is 15.9. The summed E-state index contributed by atoms with van der Waals surface area (Å²) in [6.07, 6.45) is 6.58. The third kappa shape index (κ3) is 4.73. The Bertz CT molecular complexity index is 755. The Kier molecular flexibility index (Phi) is 5.82. The molecule has 0 aromatic heterocycles. The highest BCUT2D eigenvalue weighted by atomic mass is 32.2. The highest BCUT2D eigenvalue weighted by Crippen LogP contribution is 2.25. The second-order valence-electron chi connectivity index (χ2n) is 7.18. The molecule has 0 bridgehead atoms. The lowest BCUT2D eigenvalue weighted by atomic mass is 9.99. The molecule has 0 aliphatic carbocycles. The molecule has 1 N–H and O–H groups in total. The van der Waals surface area contributed by atoms with Crippen LogP contribution < -0.4 is 4.72 Å². The molecule has 2 aliphatic heterocycles. The molecular formula is C18H26FN3O3S. The minimum atomic E-state index is -3.55. The lowest BCUT2D eigenvalue weighted by Crippen LogP contribution is -2.48. The van der Waals surface area contributed by atoms with E-state index in [0.29, 0.717) is 19.1 Å². The Labute approximate surface area is 154 Å². The normalized spacial score (nSPS) is 20.2. The molecule has 0 spiro atoms. The van der Waals surface area contributed by atoms with E-state index < -0.39 is 15.8 Å². The number of sulfonamides is 1. The lowest BCUT2D eigenvalue weighted by molar-refractivity contribution is 0.0590. The Morgan fingerprint density at radius 1 is 1.12 bits per heavy atom. The van der Waals surface area contributed by atoms with Crippen LogP contribution in [0.15, 0.2) is 18.2 Å². The van der Waals surface area contributed by atoms with Gasteiger partial charge in [0.15, 0.2) is 0 Å². The van der Waals surface area contributed by atoms with Crippen LogP contribution in [-0.2, 0) is 10.0 Å². The maximum atomic E-state index is 13.7. The van der Waals surface area contributed by atoms with E-state index in [1.54, 1.807) is 4.90 Å². The first-order chi connectivity index (χ1) is 12.3. The molecular weight excluding hydrogens is 357 g/mol. The molecule has 144 valence electrons. The van der Waals surface area contributed by atoms with Crippen molar-refractivity contribution in [3.63, 3.8) is 0 Å². The first-order valence-electron chi connectivity index (χ1n) is 9.14. The van der Waals surface area contributed by atoms with E-state index in [9.17, 15) is 17.6 Å². The Morgan fingerprint density at radius 3 is 2.38 bits per heavy atom. The Hall–Kier alpha value is -1.67. The summed E-state index contributed by atoms with van der Waals surface area (Å²) in [6, 6.07) is 4.05. The number of likely N-dealkylation sites (tertiary alicyclic amines) is 2. The third-order valence-electron chi connectivity index (χ3n) is 5.17. The van der Waals surface area contributed by atoms with Gasteiger partial charge in [0.1, 0.15) is 5.82 Å². The van der Waals surface area contributed by atoms with Gasteiger partial charge < -0.3 is 9.80 Å². The van der Waals surface area contributed by atoms with Crippen molar-refractivity contribution < 1.29 is 17.6 Å². The summed E-state index contributed by atoms with van der Waals surface area (Å²) in [7, 11) is -3.55. The topological polar surface area (TPSA) is 69.7 Å². The number of nitrogens with zero attached hydrogens (tertiary/aromatic N) is 2. The predicted molar refractivity (Wildman–Crippen MR) is 99.2 cm³/mol. The van der Waals surface area contributed by atoms with Crippen LogP contribution in [0.2, 0.25) is 0 Å². The number of hydrogen-bond acceptors (Lipinski definition) is 4. The average Bonchev–Trinajstić information content (AvgIpc) is 2.62. The number of benzene rings is 1. The van der Waals surface area contributed by atoms with Crippen LogP contribution in [0.25, 0.3) is 0 Å². The second-order valence-corrected chi connectivity index (χ2v) is 8.93. The van der Waals surface area contributed by atoms with E-state index in [1.165, 1.54) is 25.3 Å². The largest absolute Gasteiger partial charge is 0.338 e. The number of hydrogen-bond donors (Lipinski definition) is 1. The Balaban J connectivity index is 1.69. The minimum absolute atomic E-state index is 0.0619. The van der Waals surface area contributed by atoms with Crippen LogP contribution in [0.5, 0.6) is 0 Å². The first-order valence-corrected chi connectivity index (χ1v) is 11.0. The molecule has 2 saturated heterocycles. The molecule has 2 aliphatic rings. The Morgan fingerprint density at radius 2 is 1.77 bits per heavy atom. The van der Waals surface area contributed by atoms with E-state index in [0.717, 1.165) is 44.3 Å². The van der Waals surface area contributed by atoms with Crippen molar-refractivity contribution in [2.45, 2.75) is 38.1 Å². The molecule has 1 amide bonds.